The number of aryl methyl sites for hydroxylation is 2. The first-order valence-electron chi connectivity index (χ1n) is 17.7. The third-order valence-electron chi connectivity index (χ3n) is 10.8. The molecule has 1 unspecified atom stereocenters. The normalized spacial score (nSPS) is 18.4. The Kier molecular flexibility index (Phi) is 8.37. The summed E-state index contributed by atoms with van der Waals surface area (Å²) < 4.78 is 28.8. The minimum atomic E-state index is -4.34. The average molecular weight is 686 g/mol. The largest absolute Gasteiger partial charge is 0.481 e. The van der Waals surface area contributed by atoms with Crippen LogP contribution in [0.15, 0.2) is 30.3 Å². The molecular weight excluding hydrogens is 643 g/mol. The van der Waals surface area contributed by atoms with Gasteiger partial charge in [0, 0.05) is 65.5 Å². The summed E-state index contributed by atoms with van der Waals surface area (Å²) in [6, 6.07) is 8.71. The number of benzene rings is 3. The van der Waals surface area contributed by atoms with Gasteiger partial charge in [0.1, 0.15) is 24.6 Å². The molecule has 8 rings (SSSR count). The zero-order valence-corrected chi connectivity index (χ0v) is 28.5. The number of hydrogen-bond acceptors (Lipinski definition) is 6. The molecule has 3 N–H and O–H groups in total. The number of unbranched alkanes of at least 4 members (excludes halogenated alkanes) is 2. The van der Waals surface area contributed by atoms with Crippen LogP contribution in [0.5, 0.6) is 11.5 Å². The Morgan fingerprint density at radius 1 is 0.857 bits per heavy atom. The van der Waals surface area contributed by atoms with Gasteiger partial charge in [-0.25, -0.2) is 9.37 Å². The molecule has 0 saturated carbocycles. The molecule has 0 radical (unpaired) electrons. The lowest BCUT2D eigenvalue weighted by Gasteiger charge is -2.39. The van der Waals surface area contributed by atoms with Crippen LogP contribution in [-0.2, 0) is 39.6 Å². The molecule has 10 nitrogen and oxygen atoms in total. The molecule has 5 aliphatic heterocycles. The molecular formula is C38H42N2O8P+. The van der Waals surface area contributed by atoms with E-state index in [0.29, 0.717) is 24.8 Å². The highest BCUT2D eigenvalue weighted by molar-refractivity contribution is 7.61. The number of nitrogens with zero attached hydrogens (tertiary/aromatic N) is 2. The quantitative estimate of drug-likeness (QED) is 0.127. The minimum absolute atomic E-state index is 0.0164. The number of carboxylic acids is 2. The fourth-order valence-electron chi connectivity index (χ4n) is 8.72. The standard InChI is InChI=1S/C38H41N2O8P/c41-32(42)12-2-1-3-19-47-49(45,46)25-13-14-26(38(43)44)29(22-25)33-30-20-23-8-4-15-39-17-6-10-27(34(23)39)36(30)48-37-28-11-7-18-40-16-5-9-24(35(28)40)21-31(33)37/h13-14,20-22H,1-12,15-19H2,(H2-,41,42,43,44,45,46)/p+1. The van der Waals surface area contributed by atoms with Crippen LogP contribution in [0.1, 0.15) is 95.1 Å². The first kappa shape index (κ1) is 32.2. The highest BCUT2D eigenvalue weighted by Crippen LogP contribution is 2.49. The molecule has 0 spiro atoms. The Balaban J connectivity index is 1.34. The van der Waals surface area contributed by atoms with Gasteiger partial charge in [-0.15, -0.1) is 0 Å². The van der Waals surface area contributed by atoms with Crippen molar-refractivity contribution in [2.45, 2.75) is 77.0 Å². The summed E-state index contributed by atoms with van der Waals surface area (Å²) in [6.45, 7) is 4.02. The molecule has 0 bridgehead atoms. The monoisotopic (exact) mass is 685 g/mol. The van der Waals surface area contributed by atoms with Gasteiger partial charge < -0.3 is 29.3 Å². The van der Waals surface area contributed by atoms with Gasteiger partial charge >= 0.3 is 19.5 Å². The number of carboxylic acid groups (broad SMARTS) is 2. The minimum Gasteiger partial charge on any atom is -0.481 e. The van der Waals surface area contributed by atoms with Gasteiger partial charge in [-0.2, -0.15) is 0 Å². The molecule has 0 saturated heterocycles. The lowest BCUT2D eigenvalue weighted by molar-refractivity contribution is -0.137. The van der Waals surface area contributed by atoms with Crippen molar-refractivity contribution in [3.8, 4) is 11.5 Å². The van der Waals surface area contributed by atoms with Gasteiger partial charge in [-0.1, -0.05) is 6.42 Å². The molecule has 49 heavy (non-hydrogen) atoms. The Morgan fingerprint density at radius 3 is 2.41 bits per heavy atom. The van der Waals surface area contributed by atoms with Crippen molar-refractivity contribution in [1.82, 2.24) is 4.58 Å². The van der Waals surface area contributed by atoms with Crippen molar-refractivity contribution < 1.29 is 38.5 Å². The predicted octanol–water partition coefficient (Wildman–Crippen LogP) is 4.29. The van der Waals surface area contributed by atoms with Crippen LogP contribution >= 0.6 is 7.60 Å². The number of aromatic carboxylic acids is 1. The second-order valence-electron chi connectivity index (χ2n) is 13.9. The molecule has 0 aliphatic carbocycles. The number of ether oxygens (including phenoxy) is 1. The first-order chi connectivity index (χ1) is 23.7. The summed E-state index contributed by atoms with van der Waals surface area (Å²) in [6.07, 6.45) is 9.18. The maximum absolute atomic E-state index is 13.7. The van der Waals surface area contributed by atoms with Gasteiger partial charge in [-0.05, 0) is 92.8 Å². The summed E-state index contributed by atoms with van der Waals surface area (Å²) in [5, 5.41) is 21.6. The van der Waals surface area contributed by atoms with Gasteiger partial charge in [0.15, 0.2) is 0 Å². The van der Waals surface area contributed by atoms with E-state index in [-0.39, 0.29) is 23.9 Å². The topological polar surface area (TPSA) is 137 Å². The van der Waals surface area contributed by atoms with Crippen LogP contribution in [-0.4, -0.2) is 59.8 Å². The molecule has 11 heteroatoms. The van der Waals surface area contributed by atoms with Crippen LogP contribution in [0.3, 0.4) is 0 Å². The number of rotatable bonds is 10. The fraction of sp³-hybridized carbons (Fsp3) is 0.447. The van der Waals surface area contributed by atoms with Crippen LogP contribution in [0.4, 0.5) is 5.69 Å². The fourth-order valence-corrected chi connectivity index (χ4v) is 9.80. The van der Waals surface area contributed by atoms with Crippen LogP contribution < -0.4 is 30.1 Å². The van der Waals surface area contributed by atoms with Crippen molar-refractivity contribution in [1.29, 1.82) is 0 Å². The summed E-state index contributed by atoms with van der Waals surface area (Å²) in [5.41, 5.74) is 8.07. The lowest BCUT2D eigenvalue weighted by Crippen LogP contribution is -2.45. The Bertz CT molecular complexity index is 2080. The third kappa shape index (κ3) is 5.68. The van der Waals surface area contributed by atoms with E-state index in [2.05, 4.69) is 21.6 Å². The van der Waals surface area contributed by atoms with Gasteiger partial charge in [0.2, 0.25) is 5.36 Å². The molecule has 3 aromatic carbocycles. The molecule has 1 atom stereocenters. The van der Waals surface area contributed by atoms with E-state index in [9.17, 15) is 24.2 Å². The van der Waals surface area contributed by atoms with Crippen molar-refractivity contribution in [3.63, 3.8) is 0 Å². The average Bonchev–Trinajstić information content (AvgIpc) is 3.09. The zero-order chi connectivity index (χ0) is 33.9. The molecule has 0 amide bonds. The van der Waals surface area contributed by atoms with Crippen molar-refractivity contribution in [2.75, 3.05) is 37.7 Å². The molecule has 5 aliphatic rings. The van der Waals surface area contributed by atoms with Gasteiger partial charge in [0.25, 0.3) is 0 Å². The smallest absolute Gasteiger partial charge is 0.358 e. The summed E-state index contributed by atoms with van der Waals surface area (Å²) in [5.74, 6) is -0.434. The SMILES string of the molecule is O=C(O)CCCCCOP(=O)(O)c1ccc(C(=O)O)c(C2=c3cc4c5c(c3Oc3c2cc2c6c3CCCN6CCC2)CCC[N+]=5CCC4)c1. The Morgan fingerprint density at radius 2 is 1.61 bits per heavy atom. The summed E-state index contributed by atoms with van der Waals surface area (Å²) >= 11 is 0. The van der Waals surface area contributed by atoms with E-state index in [1.54, 1.807) is 0 Å². The van der Waals surface area contributed by atoms with Crippen molar-refractivity contribution >= 4 is 36.1 Å². The van der Waals surface area contributed by atoms with Crippen LogP contribution in [0, 0.1) is 0 Å². The highest BCUT2D eigenvalue weighted by atomic mass is 31.2. The highest BCUT2D eigenvalue weighted by Gasteiger charge is 2.37. The summed E-state index contributed by atoms with van der Waals surface area (Å²) in [4.78, 5) is 37.4. The van der Waals surface area contributed by atoms with Crippen molar-refractivity contribution in [3.05, 3.63) is 79.9 Å². The number of anilines is 1. The second kappa shape index (κ2) is 12.7. The first-order valence-corrected chi connectivity index (χ1v) is 19.3. The van der Waals surface area contributed by atoms with E-state index in [1.165, 1.54) is 51.5 Å². The van der Waals surface area contributed by atoms with Gasteiger partial charge in [-0.3, -0.25) is 9.36 Å². The molecule has 3 aromatic rings. The third-order valence-corrected chi connectivity index (χ3v) is 12.3. The summed E-state index contributed by atoms with van der Waals surface area (Å²) in [7, 11) is -4.34. The maximum Gasteiger partial charge on any atom is 0.358 e. The predicted molar refractivity (Wildman–Crippen MR) is 185 cm³/mol. The van der Waals surface area contributed by atoms with Crippen LogP contribution in [0.2, 0.25) is 0 Å². The number of aliphatic carboxylic acids is 1. The van der Waals surface area contributed by atoms with E-state index in [4.69, 9.17) is 14.4 Å². The maximum atomic E-state index is 13.7. The second-order valence-corrected chi connectivity index (χ2v) is 15.8. The molecule has 0 fully saturated rings. The zero-order valence-electron chi connectivity index (χ0n) is 27.6. The Labute approximate surface area is 284 Å². The van der Waals surface area contributed by atoms with E-state index >= 15 is 0 Å². The van der Waals surface area contributed by atoms with E-state index in [0.717, 1.165) is 105 Å². The number of fused-ring (bicyclic) bond motifs is 4. The number of hydrogen-bond donors (Lipinski definition) is 3. The van der Waals surface area contributed by atoms with E-state index < -0.39 is 19.5 Å². The Hall–Kier alpha value is -3.98. The molecule has 5 heterocycles. The van der Waals surface area contributed by atoms with Gasteiger partial charge in [0.05, 0.1) is 23.0 Å². The van der Waals surface area contributed by atoms with E-state index in [1.807, 2.05) is 0 Å². The van der Waals surface area contributed by atoms with Crippen LogP contribution in [0.25, 0.3) is 5.57 Å². The molecule has 0 aromatic heterocycles. The van der Waals surface area contributed by atoms with Crippen molar-refractivity contribution in [2.24, 2.45) is 0 Å². The number of carbonyl (C=O) groups is 2. The lowest BCUT2D eigenvalue weighted by atomic mass is 9.82. The molecule has 256 valence electrons.